The van der Waals surface area contributed by atoms with Crippen LogP contribution in [0.15, 0.2) is 73.1 Å². The summed E-state index contributed by atoms with van der Waals surface area (Å²) < 4.78 is 25.4. The molecule has 20 nitrogen and oxygen atoms in total. The van der Waals surface area contributed by atoms with E-state index in [0.29, 0.717) is 34.3 Å². The first-order valence-corrected chi connectivity index (χ1v) is 19.8. The van der Waals surface area contributed by atoms with Gasteiger partial charge in [-0.1, -0.05) is 23.7 Å². The molecular formula is C36H33ClN10O10S. The van der Waals surface area contributed by atoms with E-state index in [1.165, 1.54) is 40.2 Å². The number of sulfone groups is 1. The molecule has 58 heavy (non-hydrogen) atoms. The van der Waals surface area contributed by atoms with E-state index < -0.39 is 57.4 Å². The van der Waals surface area contributed by atoms with Crippen LogP contribution in [0, 0.1) is 0 Å². The number of anilines is 3. The Labute approximate surface area is 333 Å². The monoisotopic (exact) mass is 832 g/mol. The lowest BCUT2D eigenvalue weighted by Gasteiger charge is -2.38. The Morgan fingerprint density at radius 3 is 2.26 bits per heavy atom. The number of carboxylic acid groups (broad SMARTS) is 2. The van der Waals surface area contributed by atoms with Crippen molar-refractivity contribution in [2.45, 2.75) is 31.3 Å². The van der Waals surface area contributed by atoms with Gasteiger partial charge in [0, 0.05) is 47.3 Å². The summed E-state index contributed by atoms with van der Waals surface area (Å²) in [5.74, 6) is -4.16. The molecule has 7 rings (SSSR count). The van der Waals surface area contributed by atoms with E-state index in [4.69, 9.17) is 11.6 Å². The number of carbonyl (C=O) groups is 6. The van der Waals surface area contributed by atoms with Gasteiger partial charge in [0.2, 0.25) is 5.91 Å². The Morgan fingerprint density at radius 2 is 1.59 bits per heavy atom. The third-order valence-corrected chi connectivity index (χ3v) is 11.7. The first-order valence-electron chi connectivity index (χ1n) is 17.6. The highest BCUT2D eigenvalue weighted by molar-refractivity contribution is 7.91. The number of tetrazole rings is 1. The molecule has 2 aromatic heterocycles. The van der Waals surface area contributed by atoms with Crippen LogP contribution in [-0.4, -0.2) is 121 Å². The second-order valence-electron chi connectivity index (χ2n) is 13.5. The molecule has 0 aliphatic carbocycles. The predicted molar refractivity (Wildman–Crippen MR) is 207 cm³/mol. The summed E-state index contributed by atoms with van der Waals surface area (Å²) in [7, 11) is -3.10. The number of carboxylic acids is 1. The number of hydrogen-bond acceptors (Lipinski definition) is 11. The van der Waals surface area contributed by atoms with Gasteiger partial charge in [-0.15, -0.1) is 5.10 Å². The molecule has 1 atom stereocenters. The maximum absolute atomic E-state index is 14.2. The van der Waals surface area contributed by atoms with Crippen LogP contribution >= 0.6 is 11.6 Å². The number of halogens is 1. The number of amides is 5. The highest BCUT2D eigenvalue weighted by atomic mass is 35.5. The summed E-state index contributed by atoms with van der Waals surface area (Å²) in [4.78, 5) is 80.6. The van der Waals surface area contributed by atoms with Crippen molar-refractivity contribution in [1.82, 2.24) is 35.0 Å². The summed E-state index contributed by atoms with van der Waals surface area (Å²) >= 11 is 6.29. The van der Waals surface area contributed by atoms with Gasteiger partial charge in [0.05, 0.1) is 28.4 Å². The number of piperazine rings is 1. The van der Waals surface area contributed by atoms with Gasteiger partial charge in [-0.05, 0) is 83.4 Å². The van der Waals surface area contributed by atoms with Gasteiger partial charge < -0.3 is 36.0 Å². The Kier molecular flexibility index (Phi) is 10.8. The summed E-state index contributed by atoms with van der Waals surface area (Å²) in [6.45, 7) is -0.156. The number of carbonyl (C=O) groups excluding carboxylic acids is 4. The van der Waals surface area contributed by atoms with Gasteiger partial charge in [0.1, 0.15) is 27.9 Å². The molecule has 4 heterocycles. The molecule has 5 N–H and O–H groups in total. The SMILES string of the molecule is O=C(Nc1ccc(CC(C(=O)Nc2ccc3c(c2)cc(C(=O)O)n3C(=O)O)N2CCN(c3cc(Cl)ccc3-n3cnnn3)C(=O)C2=O)cc1)NC1CCS(=O)(=O)CC1. The minimum absolute atomic E-state index is 0.00854. The lowest BCUT2D eigenvalue weighted by Crippen LogP contribution is -2.60. The van der Waals surface area contributed by atoms with Crippen molar-refractivity contribution >= 4 is 85.2 Å². The van der Waals surface area contributed by atoms with Crippen LogP contribution in [0.4, 0.5) is 26.7 Å². The maximum atomic E-state index is 14.2. The highest BCUT2D eigenvalue weighted by Crippen LogP contribution is 2.30. The molecule has 5 amide bonds. The Balaban J connectivity index is 1.13. The molecule has 1 unspecified atom stereocenters. The van der Waals surface area contributed by atoms with Crippen molar-refractivity contribution in [2.24, 2.45) is 0 Å². The average Bonchev–Trinajstić information content (AvgIpc) is 3.86. The number of benzene rings is 3. The second kappa shape index (κ2) is 15.9. The van der Waals surface area contributed by atoms with Gasteiger partial charge in [0.25, 0.3) is 0 Å². The number of aromatic nitrogens is 5. The van der Waals surface area contributed by atoms with Crippen molar-refractivity contribution in [2.75, 3.05) is 40.1 Å². The van der Waals surface area contributed by atoms with Crippen LogP contribution < -0.4 is 20.9 Å². The van der Waals surface area contributed by atoms with E-state index in [0.717, 1.165) is 11.0 Å². The molecule has 0 spiro atoms. The van der Waals surface area contributed by atoms with E-state index in [1.54, 1.807) is 36.4 Å². The van der Waals surface area contributed by atoms with E-state index >= 15 is 0 Å². The standard InChI is InChI=1S/C36H33ClN10O10S/c37-22-3-7-27(46-19-38-42-43-46)28(18-22)44-11-12-45(33(50)32(44)49)29(31(48)39-25-6-8-26-21(16-25)17-30(34(51)52)47(26)36(54)55)15-20-1-4-23(5-2-20)40-35(53)41-24-9-13-58(56,57)14-10-24/h1-8,16-19,24,29H,9-15H2,(H,39,48)(H,51,52)(H,54,55)(H2,40,41,53). The lowest BCUT2D eigenvalue weighted by molar-refractivity contribution is -0.149. The molecule has 2 fully saturated rings. The van der Waals surface area contributed by atoms with Crippen molar-refractivity contribution in [3.05, 3.63) is 89.3 Å². The van der Waals surface area contributed by atoms with Gasteiger partial charge in [-0.2, -0.15) is 4.68 Å². The molecular weight excluding hydrogens is 800 g/mol. The van der Waals surface area contributed by atoms with Gasteiger partial charge in [0.15, 0.2) is 0 Å². The summed E-state index contributed by atoms with van der Waals surface area (Å²) in [5.41, 5.74) is 1.27. The van der Waals surface area contributed by atoms with E-state index in [2.05, 4.69) is 31.5 Å². The number of nitrogens with zero attached hydrogens (tertiary/aromatic N) is 7. The number of hydrogen-bond donors (Lipinski definition) is 5. The highest BCUT2D eigenvalue weighted by Gasteiger charge is 2.41. The number of urea groups is 1. The number of aromatic carboxylic acids is 1. The zero-order valence-corrected chi connectivity index (χ0v) is 31.7. The van der Waals surface area contributed by atoms with Gasteiger partial charge >= 0.3 is 29.9 Å². The summed E-state index contributed by atoms with van der Waals surface area (Å²) in [6.07, 6.45) is 0.309. The van der Waals surface area contributed by atoms with Crippen LogP contribution in [0.25, 0.3) is 16.6 Å². The zero-order chi connectivity index (χ0) is 41.3. The molecule has 0 radical (unpaired) electrons. The third kappa shape index (κ3) is 8.30. The molecule has 300 valence electrons. The molecule has 0 bridgehead atoms. The third-order valence-electron chi connectivity index (χ3n) is 9.77. The Morgan fingerprint density at radius 1 is 0.862 bits per heavy atom. The van der Waals surface area contributed by atoms with Crippen molar-refractivity contribution in [1.29, 1.82) is 0 Å². The van der Waals surface area contributed by atoms with Crippen molar-refractivity contribution in [3.63, 3.8) is 0 Å². The number of nitrogens with one attached hydrogen (secondary N) is 3. The van der Waals surface area contributed by atoms with Crippen molar-refractivity contribution in [3.8, 4) is 5.69 Å². The maximum Gasteiger partial charge on any atom is 0.416 e. The second-order valence-corrected chi connectivity index (χ2v) is 16.2. The van der Waals surface area contributed by atoms with E-state index in [-0.39, 0.29) is 64.4 Å². The Hall–Kier alpha value is -6.87. The first kappa shape index (κ1) is 39.4. The largest absolute Gasteiger partial charge is 0.477 e. The molecule has 2 aliphatic heterocycles. The fraction of sp³-hybridized carbons (Fsp3) is 0.250. The predicted octanol–water partition coefficient (Wildman–Crippen LogP) is 2.62. The number of fused-ring (bicyclic) bond motifs is 1. The molecule has 22 heteroatoms. The molecule has 2 saturated heterocycles. The normalized spacial score (nSPS) is 16.2. The lowest BCUT2D eigenvalue weighted by atomic mass is 10.0. The topological polar surface area (TPSA) is 268 Å². The minimum Gasteiger partial charge on any atom is -0.477 e. The molecule has 0 saturated carbocycles. The summed E-state index contributed by atoms with van der Waals surface area (Å²) in [5, 5.41) is 39.0. The zero-order valence-electron chi connectivity index (χ0n) is 30.1. The van der Waals surface area contributed by atoms with Crippen molar-refractivity contribution < 1.29 is 47.4 Å². The number of rotatable bonds is 10. The van der Waals surface area contributed by atoms with Crippen LogP contribution in [0.1, 0.15) is 28.9 Å². The fourth-order valence-corrected chi connectivity index (χ4v) is 8.57. The first-order chi connectivity index (χ1) is 27.7. The molecule has 3 aromatic carbocycles. The fourth-order valence-electron chi connectivity index (χ4n) is 6.92. The molecule has 2 aliphatic rings. The summed E-state index contributed by atoms with van der Waals surface area (Å²) in [6, 6.07) is 14.2. The van der Waals surface area contributed by atoms with Gasteiger partial charge in [-0.25, -0.2) is 27.4 Å². The Bertz CT molecular complexity index is 2570. The molecule has 5 aromatic rings. The van der Waals surface area contributed by atoms with E-state index in [9.17, 15) is 47.4 Å². The van der Waals surface area contributed by atoms with Crippen LogP contribution in [0.5, 0.6) is 0 Å². The minimum atomic E-state index is -3.10. The van der Waals surface area contributed by atoms with Crippen LogP contribution in [0.2, 0.25) is 5.02 Å². The average molecular weight is 833 g/mol. The van der Waals surface area contributed by atoms with E-state index in [1.807, 2.05) is 0 Å². The van der Waals surface area contributed by atoms with Crippen LogP contribution in [-0.2, 0) is 30.6 Å². The van der Waals surface area contributed by atoms with Crippen LogP contribution in [0.3, 0.4) is 0 Å². The van der Waals surface area contributed by atoms with Gasteiger partial charge in [-0.3, -0.25) is 14.4 Å². The smallest absolute Gasteiger partial charge is 0.416 e. The quantitative estimate of drug-likeness (QED) is 0.127.